The van der Waals surface area contributed by atoms with E-state index < -0.39 is 0 Å². The van der Waals surface area contributed by atoms with E-state index in [1.54, 1.807) is 0 Å². The first kappa shape index (κ1) is 15.6. The van der Waals surface area contributed by atoms with Crippen LogP contribution in [-0.2, 0) is 0 Å². The van der Waals surface area contributed by atoms with Crippen molar-refractivity contribution < 1.29 is 9.84 Å². The van der Waals surface area contributed by atoms with Gasteiger partial charge >= 0.3 is 0 Å². The summed E-state index contributed by atoms with van der Waals surface area (Å²) in [5.74, 6) is 0.810. The largest absolute Gasteiger partial charge is 0.492 e. The van der Waals surface area contributed by atoms with Crippen LogP contribution in [0.3, 0.4) is 0 Å². The zero-order valence-electron chi connectivity index (χ0n) is 11.9. The molecule has 1 aromatic rings. The van der Waals surface area contributed by atoms with Crippen molar-refractivity contribution in [1.82, 2.24) is 4.90 Å². The molecule has 0 saturated heterocycles. The quantitative estimate of drug-likeness (QED) is 0.838. The second-order valence-corrected chi connectivity index (χ2v) is 5.79. The summed E-state index contributed by atoms with van der Waals surface area (Å²) < 4.78 is 5.75. The molecular formula is C16H24ClNO2. The number of ether oxygens (including phenoxy) is 1. The molecule has 0 radical (unpaired) electrons. The van der Waals surface area contributed by atoms with Crippen LogP contribution in [0.5, 0.6) is 5.75 Å². The highest BCUT2D eigenvalue weighted by Crippen LogP contribution is 2.22. The molecular weight excluding hydrogens is 274 g/mol. The third kappa shape index (κ3) is 4.97. The lowest BCUT2D eigenvalue weighted by atomic mass is 9.94. The maximum Gasteiger partial charge on any atom is 0.120 e. The van der Waals surface area contributed by atoms with Gasteiger partial charge in [-0.15, -0.1) is 0 Å². The molecule has 1 aliphatic carbocycles. The molecule has 3 nitrogen and oxygen atoms in total. The zero-order chi connectivity index (χ0) is 14.2. The number of nitrogens with zero attached hydrogens (tertiary/aromatic N) is 1. The number of aliphatic hydroxyl groups is 1. The highest BCUT2D eigenvalue weighted by molar-refractivity contribution is 6.30. The maximum atomic E-state index is 9.22. The van der Waals surface area contributed by atoms with Crippen LogP contribution in [-0.4, -0.2) is 42.4 Å². The Bertz CT molecular complexity index is 394. The van der Waals surface area contributed by atoms with E-state index in [4.69, 9.17) is 16.3 Å². The van der Waals surface area contributed by atoms with E-state index in [0.29, 0.717) is 17.7 Å². The summed E-state index contributed by atoms with van der Waals surface area (Å²) in [6.07, 6.45) is 6.46. The topological polar surface area (TPSA) is 32.7 Å². The van der Waals surface area contributed by atoms with Gasteiger partial charge in [0, 0.05) is 24.2 Å². The Hall–Kier alpha value is -0.770. The summed E-state index contributed by atoms with van der Waals surface area (Å²) >= 11 is 5.93. The van der Waals surface area contributed by atoms with Crippen molar-refractivity contribution in [2.45, 2.75) is 38.1 Å². The second kappa shape index (κ2) is 8.50. The summed E-state index contributed by atoms with van der Waals surface area (Å²) in [6, 6.07) is 8.10. The van der Waals surface area contributed by atoms with E-state index in [1.807, 2.05) is 24.3 Å². The predicted octanol–water partition coefficient (Wildman–Crippen LogP) is 3.35. The van der Waals surface area contributed by atoms with Crippen molar-refractivity contribution in [3.63, 3.8) is 0 Å². The van der Waals surface area contributed by atoms with Crippen molar-refractivity contribution in [2.75, 3.05) is 26.3 Å². The van der Waals surface area contributed by atoms with Gasteiger partial charge in [-0.3, -0.25) is 4.90 Å². The number of benzene rings is 1. The van der Waals surface area contributed by atoms with Crippen LogP contribution < -0.4 is 4.74 Å². The van der Waals surface area contributed by atoms with E-state index in [0.717, 1.165) is 18.8 Å². The molecule has 0 heterocycles. The molecule has 0 amide bonds. The fourth-order valence-electron chi connectivity index (χ4n) is 2.89. The lowest BCUT2D eigenvalue weighted by molar-refractivity contribution is 0.106. The molecule has 0 unspecified atom stereocenters. The Kier molecular flexibility index (Phi) is 6.64. The van der Waals surface area contributed by atoms with Gasteiger partial charge in [-0.1, -0.05) is 36.9 Å². The normalized spacial score (nSPS) is 16.6. The number of aliphatic hydroxyl groups excluding tert-OH is 1. The minimum atomic E-state index is 0.216. The van der Waals surface area contributed by atoms with Gasteiger partial charge in [0.05, 0.1) is 6.61 Å². The summed E-state index contributed by atoms with van der Waals surface area (Å²) in [5, 5.41) is 9.92. The van der Waals surface area contributed by atoms with Crippen molar-refractivity contribution in [2.24, 2.45) is 0 Å². The third-order valence-electron chi connectivity index (χ3n) is 3.92. The molecule has 2 rings (SSSR count). The van der Waals surface area contributed by atoms with Gasteiger partial charge in [0.2, 0.25) is 0 Å². The van der Waals surface area contributed by atoms with Gasteiger partial charge in [0.1, 0.15) is 12.4 Å². The molecule has 20 heavy (non-hydrogen) atoms. The fraction of sp³-hybridized carbons (Fsp3) is 0.625. The third-order valence-corrected chi connectivity index (χ3v) is 4.16. The Labute approximate surface area is 126 Å². The summed E-state index contributed by atoms with van der Waals surface area (Å²) in [5.41, 5.74) is 0. The molecule has 0 aromatic heterocycles. The number of hydrogen-bond acceptors (Lipinski definition) is 3. The molecule has 0 atom stereocenters. The second-order valence-electron chi connectivity index (χ2n) is 5.36. The standard InChI is InChI=1S/C16H24ClNO2/c17-14-5-4-8-16(13-14)20-12-10-18(9-11-19)15-6-2-1-3-7-15/h4-5,8,13,15,19H,1-3,6-7,9-12H2. The predicted molar refractivity (Wildman–Crippen MR) is 82.5 cm³/mol. The van der Waals surface area contributed by atoms with E-state index in [2.05, 4.69) is 4.90 Å². The van der Waals surface area contributed by atoms with Gasteiger partial charge in [0.15, 0.2) is 0 Å². The number of hydrogen-bond donors (Lipinski definition) is 1. The molecule has 1 N–H and O–H groups in total. The van der Waals surface area contributed by atoms with E-state index in [9.17, 15) is 5.11 Å². The van der Waals surface area contributed by atoms with Crippen LogP contribution in [0.2, 0.25) is 5.02 Å². The summed E-state index contributed by atoms with van der Waals surface area (Å²) in [7, 11) is 0. The zero-order valence-corrected chi connectivity index (χ0v) is 12.7. The Morgan fingerprint density at radius 1 is 1.20 bits per heavy atom. The smallest absolute Gasteiger partial charge is 0.120 e. The van der Waals surface area contributed by atoms with Gasteiger partial charge in [-0.2, -0.15) is 0 Å². The first-order valence-corrected chi connectivity index (χ1v) is 7.90. The lowest BCUT2D eigenvalue weighted by Crippen LogP contribution is -2.41. The lowest BCUT2D eigenvalue weighted by Gasteiger charge is -2.33. The molecule has 112 valence electrons. The van der Waals surface area contributed by atoms with Crippen LogP contribution >= 0.6 is 11.6 Å². The first-order valence-electron chi connectivity index (χ1n) is 7.53. The average Bonchev–Trinajstić information content (AvgIpc) is 2.47. The average molecular weight is 298 g/mol. The molecule has 0 bridgehead atoms. The SMILES string of the molecule is OCCN(CCOc1cccc(Cl)c1)C1CCCCC1. The number of rotatable bonds is 7. The van der Waals surface area contributed by atoms with Crippen molar-refractivity contribution in [3.05, 3.63) is 29.3 Å². The van der Waals surface area contributed by atoms with Gasteiger partial charge in [-0.25, -0.2) is 0 Å². The van der Waals surface area contributed by atoms with Crippen molar-refractivity contribution >= 4 is 11.6 Å². The van der Waals surface area contributed by atoms with E-state index in [1.165, 1.54) is 32.1 Å². The van der Waals surface area contributed by atoms with Crippen LogP contribution in [0.4, 0.5) is 0 Å². The van der Waals surface area contributed by atoms with E-state index in [-0.39, 0.29) is 6.61 Å². The first-order chi connectivity index (χ1) is 9.79. The summed E-state index contributed by atoms with van der Waals surface area (Å²) in [4.78, 5) is 2.36. The Morgan fingerprint density at radius 2 is 2.00 bits per heavy atom. The molecule has 0 aliphatic heterocycles. The Morgan fingerprint density at radius 3 is 2.70 bits per heavy atom. The summed E-state index contributed by atoms with van der Waals surface area (Å²) in [6.45, 7) is 2.45. The molecule has 1 aliphatic rings. The fourth-order valence-corrected chi connectivity index (χ4v) is 3.07. The minimum Gasteiger partial charge on any atom is -0.492 e. The van der Waals surface area contributed by atoms with Gasteiger partial charge in [0.25, 0.3) is 0 Å². The molecule has 1 saturated carbocycles. The maximum absolute atomic E-state index is 9.22. The molecule has 1 aromatic carbocycles. The van der Waals surface area contributed by atoms with Crippen LogP contribution in [0, 0.1) is 0 Å². The van der Waals surface area contributed by atoms with Crippen molar-refractivity contribution in [1.29, 1.82) is 0 Å². The monoisotopic (exact) mass is 297 g/mol. The Balaban J connectivity index is 1.79. The highest BCUT2D eigenvalue weighted by Gasteiger charge is 2.20. The van der Waals surface area contributed by atoms with Crippen molar-refractivity contribution in [3.8, 4) is 5.75 Å². The van der Waals surface area contributed by atoms with Crippen LogP contribution in [0.25, 0.3) is 0 Å². The van der Waals surface area contributed by atoms with Gasteiger partial charge in [-0.05, 0) is 31.0 Å². The van der Waals surface area contributed by atoms with Crippen LogP contribution in [0.1, 0.15) is 32.1 Å². The molecule has 1 fully saturated rings. The molecule has 4 heteroatoms. The molecule has 0 spiro atoms. The van der Waals surface area contributed by atoms with Crippen LogP contribution in [0.15, 0.2) is 24.3 Å². The van der Waals surface area contributed by atoms with E-state index >= 15 is 0 Å². The number of halogens is 1. The van der Waals surface area contributed by atoms with Gasteiger partial charge < -0.3 is 9.84 Å². The highest BCUT2D eigenvalue weighted by atomic mass is 35.5. The minimum absolute atomic E-state index is 0.216.